The van der Waals surface area contributed by atoms with Gasteiger partial charge >= 0.3 is 0 Å². The van der Waals surface area contributed by atoms with E-state index in [-0.39, 0.29) is 5.41 Å². The van der Waals surface area contributed by atoms with Crippen LogP contribution in [0.15, 0.2) is 47.1 Å². The molecule has 1 rings (SSSR count). The first kappa shape index (κ1) is 14.7. The van der Waals surface area contributed by atoms with E-state index in [0.717, 1.165) is 11.9 Å². The maximum Gasteiger partial charge on any atom is 0.142 e. The van der Waals surface area contributed by atoms with Gasteiger partial charge in [0, 0.05) is 0 Å². The van der Waals surface area contributed by atoms with Crippen molar-refractivity contribution in [2.24, 2.45) is 5.41 Å². The molecule has 98 valence electrons. The number of hydrogen-bond acceptors (Lipinski definition) is 1. The van der Waals surface area contributed by atoms with Crippen LogP contribution in [-0.4, -0.2) is 6.29 Å². The largest absolute Gasteiger partial charge is 0.299 e. The van der Waals surface area contributed by atoms with Crippen LogP contribution in [0, 0.1) is 5.41 Å². The van der Waals surface area contributed by atoms with Gasteiger partial charge in [0.25, 0.3) is 0 Å². The van der Waals surface area contributed by atoms with E-state index in [0.29, 0.717) is 0 Å². The fourth-order valence-electron chi connectivity index (χ4n) is 2.53. The van der Waals surface area contributed by atoms with E-state index in [2.05, 4.69) is 39.8 Å². The number of aldehydes is 1. The quantitative estimate of drug-likeness (QED) is 0.395. The summed E-state index contributed by atoms with van der Waals surface area (Å²) in [5.41, 5.74) is 4.44. The van der Waals surface area contributed by atoms with Gasteiger partial charge in [0.2, 0.25) is 0 Å². The van der Waals surface area contributed by atoms with Gasteiger partial charge in [-0.3, -0.25) is 4.79 Å². The predicted octanol–water partition coefficient (Wildman–Crippen LogP) is 4.77. The molecule has 1 heteroatoms. The minimum absolute atomic E-state index is 0.289. The normalized spacial score (nSPS) is 21.0. The van der Waals surface area contributed by atoms with E-state index in [1.165, 1.54) is 36.5 Å². The fourth-order valence-corrected chi connectivity index (χ4v) is 2.53. The molecule has 0 N–H and O–H groups in total. The Bertz CT molecular complexity index is 417. The van der Waals surface area contributed by atoms with Gasteiger partial charge in [-0.15, -0.1) is 0 Å². The molecule has 0 saturated carbocycles. The summed E-state index contributed by atoms with van der Waals surface area (Å²) >= 11 is 0. The summed E-state index contributed by atoms with van der Waals surface area (Å²) in [6.07, 6.45) is 14.2. The summed E-state index contributed by atoms with van der Waals surface area (Å²) < 4.78 is 0. The van der Waals surface area contributed by atoms with Crippen LogP contribution in [0.1, 0.15) is 47.0 Å². The molecule has 0 atom stereocenters. The van der Waals surface area contributed by atoms with Gasteiger partial charge in [-0.25, -0.2) is 0 Å². The molecule has 0 aliphatic heterocycles. The van der Waals surface area contributed by atoms with Gasteiger partial charge in [0.1, 0.15) is 6.29 Å². The molecular weight excluding hydrogens is 220 g/mol. The highest BCUT2D eigenvalue weighted by molar-refractivity contribution is 5.65. The maximum atomic E-state index is 10.2. The lowest BCUT2D eigenvalue weighted by Gasteiger charge is -2.32. The third kappa shape index (κ3) is 4.14. The first-order chi connectivity index (χ1) is 8.47. The standard InChI is InChI=1S/C17H24O/c1-14(8-5-6-13-18)10-11-16-15(2)9-7-12-17(16,3)4/h5-6,8,10-11,13H,7,9,12H2,1-4H3/b6-5-,11-10+,14-8+. The minimum Gasteiger partial charge on any atom is -0.299 e. The van der Waals surface area contributed by atoms with Crippen LogP contribution in [0.4, 0.5) is 0 Å². The van der Waals surface area contributed by atoms with Crippen molar-refractivity contribution in [2.75, 3.05) is 0 Å². The summed E-state index contributed by atoms with van der Waals surface area (Å²) in [7, 11) is 0. The van der Waals surface area contributed by atoms with E-state index >= 15 is 0 Å². The van der Waals surface area contributed by atoms with Crippen molar-refractivity contribution < 1.29 is 4.79 Å². The zero-order valence-corrected chi connectivity index (χ0v) is 12.0. The molecule has 0 fully saturated rings. The van der Waals surface area contributed by atoms with Gasteiger partial charge in [0.15, 0.2) is 0 Å². The van der Waals surface area contributed by atoms with E-state index in [1.807, 2.05) is 6.08 Å². The average Bonchev–Trinajstić information content (AvgIpc) is 2.28. The Hall–Kier alpha value is -1.37. The second-order valence-corrected chi connectivity index (χ2v) is 5.70. The predicted molar refractivity (Wildman–Crippen MR) is 78.4 cm³/mol. The van der Waals surface area contributed by atoms with Crippen molar-refractivity contribution in [3.63, 3.8) is 0 Å². The monoisotopic (exact) mass is 244 g/mol. The minimum atomic E-state index is 0.289. The van der Waals surface area contributed by atoms with Crippen LogP contribution < -0.4 is 0 Å². The highest BCUT2D eigenvalue weighted by Crippen LogP contribution is 2.40. The molecule has 0 radical (unpaired) electrons. The molecule has 0 aromatic heterocycles. The molecular formula is C17H24O. The Balaban J connectivity index is 2.85. The van der Waals surface area contributed by atoms with Crippen molar-refractivity contribution >= 4 is 6.29 Å². The summed E-state index contributed by atoms with van der Waals surface area (Å²) in [4.78, 5) is 10.2. The summed E-state index contributed by atoms with van der Waals surface area (Å²) in [5, 5.41) is 0. The second-order valence-electron chi connectivity index (χ2n) is 5.70. The molecule has 0 aromatic carbocycles. The SMILES string of the molecule is CC1=C(/C=C/C(C)=C/C=C\C=O)C(C)(C)CCC1. The van der Waals surface area contributed by atoms with Crippen LogP contribution in [0.5, 0.6) is 0 Å². The highest BCUT2D eigenvalue weighted by atomic mass is 16.1. The third-order valence-electron chi connectivity index (χ3n) is 3.60. The van der Waals surface area contributed by atoms with Crippen molar-refractivity contribution in [3.05, 3.63) is 47.1 Å². The Morgan fingerprint density at radius 1 is 1.28 bits per heavy atom. The number of hydrogen-bond donors (Lipinski definition) is 0. The number of rotatable bonds is 4. The van der Waals surface area contributed by atoms with Crippen LogP contribution in [-0.2, 0) is 4.79 Å². The second kappa shape index (κ2) is 6.53. The molecule has 0 heterocycles. The fraction of sp³-hybridized carbons (Fsp3) is 0.471. The lowest BCUT2D eigenvalue weighted by atomic mass is 9.72. The molecule has 1 aliphatic carbocycles. The lowest BCUT2D eigenvalue weighted by Crippen LogP contribution is -2.19. The third-order valence-corrected chi connectivity index (χ3v) is 3.60. The zero-order valence-electron chi connectivity index (χ0n) is 12.0. The molecule has 18 heavy (non-hydrogen) atoms. The Morgan fingerprint density at radius 2 is 2.00 bits per heavy atom. The number of carbonyl (C=O) groups is 1. The summed E-state index contributed by atoms with van der Waals surface area (Å²) in [6.45, 7) is 8.94. The van der Waals surface area contributed by atoms with Crippen molar-refractivity contribution in [1.82, 2.24) is 0 Å². The maximum absolute atomic E-state index is 10.2. The first-order valence-electron chi connectivity index (χ1n) is 6.64. The lowest BCUT2D eigenvalue weighted by molar-refractivity contribution is -0.104. The van der Waals surface area contributed by atoms with Gasteiger partial charge in [-0.1, -0.05) is 49.3 Å². The van der Waals surface area contributed by atoms with E-state index in [4.69, 9.17) is 0 Å². The van der Waals surface area contributed by atoms with Crippen LogP contribution in [0.2, 0.25) is 0 Å². The van der Waals surface area contributed by atoms with Gasteiger partial charge in [-0.2, -0.15) is 0 Å². The van der Waals surface area contributed by atoms with E-state index in [9.17, 15) is 4.79 Å². The molecule has 0 aromatic rings. The molecule has 0 amide bonds. The molecule has 0 saturated heterocycles. The van der Waals surface area contributed by atoms with E-state index < -0.39 is 0 Å². The van der Waals surface area contributed by atoms with Crippen LogP contribution in [0.25, 0.3) is 0 Å². The Kier molecular flexibility index (Phi) is 5.33. The molecule has 1 aliphatic rings. The van der Waals surface area contributed by atoms with Gasteiger partial charge in [-0.05, 0) is 50.2 Å². The summed E-state index contributed by atoms with van der Waals surface area (Å²) in [5.74, 6) is 0. The van der Waals surface area contributed by atoms with Crippen molar-refractivity contribution in [3.8, 4) is 0 Å². The summed E-state index contributed by atoms with van der Waals surface area (Å²) in [6, 6.07) is 0. The molecule has 0 spiro atoms. The van der Waals surface area contributed by atoms with Gasteiger partial charge in [0.05, 0.1) is 0 Å². The van der Waals surface area contributed by atoms with Crippen LogP contribution >= 0.6 is 0 Å². The number of allylic oxidation sites excluding steroid dienone is 8. The first-order valence-corrected chi connectivity index (χ1v) is 6.64. The smallest absolute Gasteiger partial charge is 0.142 e. The van der Waals surface area contributed by atoms with Crippen molar-refractivity contribution in [2.45, 2.75) is 47.0 Å². The van der Waals surface area contributed by atoms with Crippen LogP contribution in [0.3, 0.4) is 0 Å². The molecule has 1 nitrogen and oxygen atoms in total. The molecule has 0 unspecified atom stereocenters. The zero-order chi connectivity index (χ0) is 13.6. The highest BCUT2D eigenvalue weighted by Gasteiger charge is 2.26. The Morgan fingerprint density at radius 3 is 2.61 bits per heavy atom. The van der Waals surface area contributed by atoms with Crippen molar-refractivity contribution in [1.29, 1.82) is 0 Å². The van der Waals surface area contributed by atoms with Gasteiger partial charge < -0.3 is 0 Å². The average molecular weight is 244 g/mol. The molecule has 0 bridgehead atoms. The topological polar surface area (TPSA) is 17.1 Å². The number of carbonyl (C=O) groups excluding carboxylic acids is 1. The van der Waals surface area contributed by atoms with E-state index in [1.54, 1.807) is 6.08 Å². The Labute approximate surface area is 111 Å².